The fourth-order valence-corrected chi connectivity index (χ4v) is 7.25. The average Bonchev–Trinajstić information content (AvgIpc) is 3.79. The molecule has 0 unspecified atom stereocenters. The number of β-lactam (4-membered cyclic amide) rings is 1. The SMILES string of the molecule is COCO[C@@]1(Cc2cc(OC3CCCCC3)ccn2)C(=O)N(COC)[C@H]1c1ccc(S(=O)(=O)C2CC2)cc1. The number of nitrogens with zero attached hydrogens (tertiary/aromatic N) is 2. The van der Waals surface area contributed by atoms with E-state index in [1.165, 1.54) is 33.5 Å². The van der Waals surface area contributed by atoms with E-state index in [0.29, 0.717) is 23.4 Å². The standard InChI is InChI=1S/C28H36N2O7S/c1-34-18-30-26(20-8-10-24(11-9-20)38(32,33)25-12-13-25)28(27(30)31,36-19-35-2)17-21-16-23(14-15-29-21)37-22-6-4-3-5-7-22/h8-11,14-16,22,25-26H,3-7,12-13,17-19H2,1-2H3/t26-,28+/m0/s1. The van der Waals surface area contributed by atoms with Crippen LogP contribution in [0.5, 0.6) is 5.75 Å². The molecule has 2 aromatic rings. The number of rotatable bonds is 12. The molecule has 206 valence electrons. The molecule has 2 saturated carbocycles. The van der Waals surface area contributed by atoms with Crippen LogP contribution in [0.4, 0.5) is 0 Å². The topological polar surface area (TPSA) is 104 Å². The summed E-state index contributed by atoms with van der Waals surface area (Å²) in [5.41, 5.74) is 0.127. The number of methoxy groups -OCH3 is 2. The van der Waals surface area contributed by atoms with Crippen molar-refractivity contribution in [2.75, 3.05) is 27.7 Å². The van der Waals surface area contributed by atoms with E-state index in [9.17, 15) is 13.2 Å². The van der Waals surface area contributed by atoms with Gasteiger partial charge in [-0.1, -0.05) is 18.6 Å². The van der Waals surface area contributed by atoms with E-state index in [1.807, 2.05) is 12.1 Å². The molecule has 10 heteroatoms. The van der Waals surface area contributed by atoms with E-state index >= 15 is 0 Å². The van der Waals surface area contributed by atoms with E-state index in [-0.39, 0.29) is 37.2 Å². The van der Waals surface area contributed by atoms with Crippen LogP contribution in [0, 0.1) is 0 Å². The lowest BCUT2D eigenvalue weighted by Crippen LogP contribution is -2.71. The molecule has 1 aromatic heterocycles. The van der Waals surface area contributed by atoms with Crippen molar-refractivity contribution in [3.8, 4) is 5.75 Å². The van der Waals surface area contributed by atoms with Gasteiger partial charge in [0.15, 0.2) is 15.4 Å². The number of benzene rings is 1. The molecular formula is C28H36N2O7S. The maximum absolute atomic E-state index is 13.6. The Kier molecular flexibility index (Phi) is 8.04. The molecule has 2 atom stereocenters. The molecule has 1 amide bonds. The van der Waals surface area contributed by atoms with Gasteiger partial charge in [-0.05, 0) is 62.3 Å². The van der Waals surface area contributed by atoms with Crippen LogP contribution in [-0.2, 0) is 35.3 Å². The predicted octanol–water partition coefficient (Wildman–Crippen LogP) is 3.82. The number of pyridine rings is 1. The molecule has 3 fully saturated rings. The third kappa shape index (κ3) is 5.32. The minimum atomic E-state index is -3.32. The summed E-state index contributed by atoms with van der Waals surface area (Å²) in [6.45, 7) is -0.0164. The number of likely N-dealkylation sites (tertiary alicyclic amines) is 1. The summed E-state index contributed by atoms with van der Waals surface area (Å²) in [5, 5.41) is -0.290. The Morgan fingerprint density at radius 1 is 1.00 bits per heavy atom. The summed E-state index contributed by atoms with van der Waals surface area (Å²) in [7, 11) is -0.286. The first-order valence-electron chi connectivity index (χ1n) is 13.3. The highest BCUT2D eigenvalue weighted by Gasteiger charge is 2.63. The van der Waals surface area contributed by atoms with Gasteiger partial charge in [0.2, 0.25) is 0 Å². The molecular weight excluding hydrogens is 508 g/mol. The summed E-state index contributed by atoms with van der Waals surface area (Å²) in [5.74, 6) is 0.493. The Balaban J connectivity index is 1.44. The van der Waals surface area contributed by atoms with E-state index in [4.69, 9.17) is 18.9 Å². The molecule has 2 aliphatic carbocycles. The van der Waals surface area contributed by atoms with Crippen LogP contribution in [-0.4, -0.2) is 68.9 Å². The van der Waals surface area contributed by atoms with Crippen molar-refractivity contribution >= 4 is 15.7 Å². The molecule has 9 nitrogen and oxygen atoms in total. The number of hydrogen-bond donors (Lipinski definition) is 0. The highest BCUT2D eigenvalue weighted by Crippen LogP contribution is 2.48. The van der Waals surface area contributed by atoms with Crippen LogP contribution in [0.1, 0.15) is 62.2 Å². The number of amides is 1. The second-order valence-corrected chi connectivity index (χ2v) is 12.6. The van der Waals surface area contributed by atoms with Gasteiger partial charge in [0, 0.05) is 38.6 Å². The van der Waals surface area contributed by atoms with Gasteiger partial charge in [-0.2, -0.15) is 0 Å². The van der Waals surface area contributed by atoms with Crippen molar-refractivity contribution < 1.29 is 32.2 Å². The van der Waals surface area contributed by atoms with Crippen LogP contribution in [0.3, 0.4) is 0 Å². The molecule has 0 spiro atoms. The zero-order valence-electron chi connectivity index (χ0n) is 22.0. The quantitative estimate of drug-likeness (QED) is 0.293. The molecule has 1 aromatic carbocycles. The van der Waals surface area contributed by atoms with E-state index < -0.39 is 21.5 Å². The second kappa shape index (κ2) is 11.3. The molecule has 1 aliphatic heterocycles. The van der Waals surface area contributed by atoms with Crippen LogP contribution < -0.4 is 4.74 Å². The third-order valence-electron chi connectivity index (χ3n) is 7.65. The predicted molar refractivity (Wildman–Crippen MR) is 139 cm³/mol. The van der Waals surface area contributed by atoms with Gasteiger partial charge in [-0.15, -0.1) is 0 Å². The summed E-state index contributed by atoms with van der Waals surface area (Å²) >= 11 is 0. The van der Waals surface area contributed by atoms with Crippen LogP contribution in [0.2, 0.25) is 0 Å². The average molecular weight is 545 g/mol. The van der Waals surface area contributed by atoms with Crippen molar-refractivity contribution in [1.29, 1.82) is 0 Å². The number of carbonyl (C=O) groups excluding carboxylic acids is 1. The lowest BCUT2D eigenvalue weighted by Gasteiger charge is -2.55. The van der Waals surface area contributed by atoms with Crippen molar-refractivity contribution in [1.82, 2.24) is 9.88 Å². The maximum atomic E-state index is 13.6. The molecule has 0 N–H and O–H groups in total. The summed E-state index contributed by atoms with van der Waals surface area (Å²) in [6.07, 6.45) is 9.15. The number of aromatic nitrogens is 1. The highest BCUT2D eigenvalue weighted by atomic mass is 32.2. The van der Waals surface area contributed by atoms with E-state index in [2.05, 4.69) is 4.98 Å². The molecule has 3 aliphatic rings. The highest BCUT2D eigenvalue weighted by molar-refractivity contribution is 7.92. The normalized spacial score (nSPS) is 24.3. The second-order valence-electron chi connectivity index (χ2n) is 10.4. The smallest absolute Gasteiger partial charge is 0.260 e. The first-order valence-corrected chi connectivity index (χ1v) is 14.8. The van der Waals surface area contributed by atoms with Crippen molar-refractivity contribution in [3.05, 3.63) is 53.9 Å². The van der Waals surface area contributed by atoms with Gasteiger partial charge < -0.3 is 23.8 Å². The van der Waals surface area contributed by atoms with Gasteiger partial charge in [-0.3, -0.25) is 9.78 Å². The third-order valence-corrected chi connectivity index (χ3v) is 9.93. The van der Waals surface area contributed by atoms with Crippen molar-refractivity contribution in [3.63, 3.8) is 0 Å². The Morgan fingerprint density at radius 2 is 1.74 bits per heavy atom. The molecule has 0 radical (unpaired) electrons. The lowest BCUT2D eigenvalue weighted by molar-refractivity contribution is -0.235. The minimum absolute atomic E-state index is 0.0714. The van der Waals surface area contributed by atoms with Gasteiger partial charge in [0.05, 0.1) is 22.3 Å². The number of carbonyl (C=O) groups is 1. The molecule has 2 heterocycles. The van der Waals surface area contributed by atoms with Gasteiger partial charge >= 0.3 is 0 Å². The van der Waals surface area contributed by atoms with Gasteiger partial charge in [0.1, 0.15) is 19.3 Å². The zero-order valence-corrected chi connectivity index (χ0v) is 22.8. The maximum Gasteiger partial charge on any atom is 0.260 e. The first-order chi connectivity index (χ1) is 18.4. The molecule has 0 bridgehead atoms. The fourth-order valence-electron chi connectivity index (χ4n) is 5.59. The molecule has 38 heavy (non-hydrogen) atoms. The summed E-state index contributed by atoms with van der Waals surface area (Å²) < 4.78 is 48.3. The number of sulfone groups is 1. The minimum Gasteiger partial charge on any atom is -0.490 e. The van der Waals surface area contributed by atoms with Gasteiger partial charge in [-0.25, -0.2) is 8.42 Å². The first kappa shape index (κ1) is 27.1. The Hall–Kier alpha value is -2.53. The van der Waals surface area contributed by atoms with Crippen LogP contribution >= 0.6 is 0 Å². The Morgan fingerprint density at radius 3 is 2.39 bits per heavy atom. The molecule has 5 rings (SSSR count). The Labute approximate surface area is 224 Å². The zero-order chi connectivity index (χ0) is 26.8. The van der Waals surface area contributed by atoms with Crippen LogP contribution in [0.25, 0.3) is 0 Å². The van der Waals surface area contributed by atoms with E-state index in [1.54, 1.807) is 35.4 Å². The monoisotopic (exact) mass is 544 g/mol. The Bertz CT molecular complexity index is 1230. The van der Waals surface area contributed by atoms with Gasteiger partial charge in [0.25, 0.3) is 5.91 Å². The fraction of sp³-hybridized carbons (Fsp3) is 0.571. The summed E-state index contributed by atoms with van der Waals surface area (Å²) in [4.78, 5) is 20.0. The summed E-state index contributed by atoms with van der Waals surface area (Å²) in [6, 6.07) is 9.96. The lowest BCUT2D eigenvalue weighted by atomic mass is 9.75. The van der Waals surface area contributed by atoms with Crippen molar-refractivity contribution in [2.24, 2.45) is 0 Å². The number of ether oxygens (including phenoxy) is 4. The number of hydrogen-bond acceptors (Lipinski definition) is 8. The van der Waals surface area contributed by atoms with E-state index in [0.717, 1.165) is 24.2 Å². The van der Waals surface area contributed by atoms with Crippen molar-refractivity contribution in [2.45, 2.75) is 79.3 Å². The van der Waals surface area contributed by atoms with Crippen LogP contribution in [0.15, 0.2) is 47.5 Å². The largest absolute Gasteiger partial charge is 0.490 e. The molecule has 1 saturated heterocycles.